The Morgan fingerprint density at radius 1 is 1.43 bits per heavy atom. The Kier molecular flexibility index (Phi) is 4.70. The molecule has 0 aliphatic heterocycles. The fourth-order valence-corrected chi connectivity index (χ4v) is 1.74. The number of alkyl carbamates (subject to hydrolysis) is 1. The van der Waals surface area contributed by atoms with Gasteiger partial charge in [-0.2, -0.15) is 5.10 Å². The van der Waals surface area contributed by atoms with E-state index in [1.807, 2.05) is 0 Å². The van der Waals surface area contributed by atoms with Gasteiger partial charge >= 0.3 is 6.09 Å². The molecule has 1 unspecified atom stereocenters. The predicted molar refractivity (Wildman–Crippen MR) is 71.0 cm³/mol. The number of aldehydes is 1. The zero-order valence-corrected chi connectivity index (χ0v) is 12.6. The Morgan fingerprint density at radius 3 is 2.43 bits per heavy atom. The number of halogens is 2. The van der Waals surface area contributed by atoms with E-state index in [4.69, 9.17) is 4.74 Å². The van der Waals surface area contributed by atoms with Crippen molar-refractivity contribution in [2.45, 2.75) is 45.3 Å². The minimum absolute atomic E-state index is 0.0686. The van der Waals surface area contributed by atoms with Crippen LogP contribution in [-0.4, -0.2) is 27.8 Å². The molecular formula is C13H19F2N3O3. The van der Waals surface area contributed by atoms with Crippen molar-refractivity contribution in [3.05, 3.63) is 17.5 Å². The summed E-state index contributed by atoms with van der Waals surface area (Å²) >= 11 is 0. The van der Waals surface area contributed by atoms with Crippen molar-refractivity contribution in [3.63, 3.8) is 0 Å². The van der Waals surface area contributed by atoms with Gasteiger partial charge in [-0.05, 0) is 27.7 Å². The SMILES string of the molecule is Cn1cc(C(C)(C=O)NC(=O)OC(C)(C)C)c(C(F)F)n1. The smallest absolute Gasteiger partial charge is 0.408 e. The molecule has 1 heterocycles. The van der Waals surface area contributed by atoms with Crippen molar-refractivity contribution in [1.29, 1.82) is 0 Å². The van der Waals surface area contributed by atoms with E-state index in [9.17, 15) is 18.4 Å². The molecule has 0 aliphatic rings. The minimum atomic E-state index is -2.86. The van der Waals surface area contributed by atoms with Crippen LogP contribution < -0.4 is 5.32 Å². The molecule has 8 heteroatoms. The Hall–Kier alpha value is -1.99. The number of aromatic nitrogens is 2. The summed E-state index contributed by atoms with van der Waals surface area (Å²) in [6, 6.07) is 0. The lowest BCUT2D eigenvalue weighted by atomic mass is 9.94. The van der Waals surface area contributed by atoms with E-state index >= 15 is 0 Å². The molecule has 0 bridgehead atoms. The van der Waals surface area contributed by atoms with Crippen molar-refractivity contribution < 1.29 is 23.1 Å². The number of aryl methyl sites for hydroxylation is 1. The highest BCUT2D eigenvalue weighted by atomic mass is 19.3. The Balaban J connectivity index is 3.10. The summed E-state index contributed by atoms with van der Waals surface area (Å²) in [5.41, 5.74) is -3.04. The van der Waals surface area contributed by atoms with Crippen LogP contribution in [0.25, 0.3) is 0 Å². The first-order valence-electron chi connectivity index (χ1n) is 6.28. The quantitative estimate of drug-likeness (QED) is 0.866. The lowest BCUT2D eigenvalue weighted by molar-refractivity contribution is -0.113. The second-order valence-corrected chi connectivity index (χ2v) is 5.85. The van der Waals surface area contributed by atoms with Crippen LogP contribution in [-0.2, 0) is 22.1 Å². The average Bonchev–Trinajstić information content (AvgIpc) is 2.69. The number of amides is 1. The summed E-state index contributed by atoms with van der Waals surface area (Å²) in [6.45, 7) is 6.27. The highest BCUT2D eigenvalue weighted by Crippen LogP contribution is 2.29. The lowest BCUT2D eigenvalue weighted by Gasteiger charge is -2.27. The highest BCUT2D eigenvalue weighted by Gasteiger charge is 2.36. The van der Waals surface area contributed by atoms with Crippen LogP contribution in [0.3, 0.4) is 0 Å². The molecule has 1 rings (SSSR count). The molecule has 1 amide bonds. The van der Waals surface area contributed by atoms with Crippen LogP contribution in [0.4, 0.5) is 13.6 Å². The Morgan fingerprint density at radius 2 is 2.00 bits per heavy atom. The van der Waals surface area contributed by atoms with E-state index in [0.717, 1.165) is 4.68 Å². The summed E-state index contributed by atoms with van der Waals surface area (Å²) in [6.07, 6.45) is -2.09. The molecular weight excluding hydrogens is 284 g/mol. The van der Waals surface area contributed by atoms with E-state index in [2.05, 4.69) is 10.4 Å². The van der Waals surface area contributed by atoms with Crippen LogP contribution in [0.2, 0.25) is 0 Å². The van der Waals surface area contributed by atoms with Crippen molar-refractivity contribution in [3.8, 4) is 0 Å². The molecule has 0 spiro atoms. The number of nitrogens with zero attached hydrogens (tertiary/aromatic N) is 2. The first-order chi connectivity index (χ1) is 9.48. The molecule has 0 aromatic carbocycles. The molecule has 118 valence electrons. The van der Waals surface area contributed by atoms with E-state index < -0.39 is 29.4 Å². The number of ether oxygens (including phenoxy) is 1. The molecule has 0 aliphatic carbocycles. The van der Waals surface area contributed by atoms with Crippen LogP contribution in [0.5, 0.6) is 0 Å². The van der Waals surface area contributed by atoms with Crippen molar-refractivity contribution in [1.82, 2.24) is 15.1 Å². The number of alkyl halides is 2. The summed E-state index contributed by atoms with van der Waals surface area (Å²) in [7, 11) is 1.45. The van der Waals surface area contributed by atoms with Gasteiger partial charge in [-0.3, -0.25) is 4.68 Å². The second kappa shape index (κ2) is 5.79. The largest absolute Gasteiger partial charge is 0.444 e. The van der Waals surface area contributed by atoms with Gasteiger partial charge in [-0.15, -0.1) is 0 Å². The third kappa shape index (κ3) is 4.24. The predicted octanol–water partition coefficient (Wildman–Crippen LogP) is 2.30. The molecule has 0 saturated carbocycles. The van der Waals surface area contributed by atoms with Gasteiger partial charge in [0.2, 0.25) is 0 Å². The number of hydrogen-bond acceptors (Lipinski definition) is 4. The summed E-state index contributed by atoms with van der Waals surface area (Å²) < 4.78 is 32.2. The fraction of sp³-hybridized carbons (Fsp3) is 0.615. The molecule has 21 heavy (non-hydrogen) atoms. The van der Waals surface area contributed by atoms with Gasteiger partial charge in [-0.25, -0.2) is 13.6 Å². The normalized spacial score (nSPS) is 14.7. The number of carbonyl (C=O) groups is 2. The maximum atomic E-state index is 13.0. The molecule has 1 N–H and O–H groups in total. The van der Waals surface area contributed by atoms with Gasteiger partial charge in [0.25, 0.3) is 6.43 Å². The maximum Gasteiger partial charge on any atom is 0.408 e. The van der Waals surface area contributed by atoms with Gasteiger partial charge in [0, 0.05) is 18.8 Å². The second-order valence-electron chi connectivity index (χ2n) is 5.85. The minimum Gasteiger partial charge on any atom is -0.444 e. The molecule has 1 atom stereocenters. The van der Waals surface area contributed by atoms with Crippen molar-refractivity contribution >= 4 is 12.4 Å². The Labute approximate surface area is 121 Å². The fourth-order valence-electron chi connectivity index (χ4n) is 1.74. The molecule has 0 saturated heterocycles. The van der Waals surface area contributed by atoms with Crippen molar-refractivity contribution in [2.24, 2.45) is 7.05 Å². The molecule has 1 aromatic heterocycles. The number of carbonyl (C=O) groups excluding carboxylic acids is 2. The molecule has 6 nitrogen and oxygen atoms in total. The van der Waals surface area contributed by atoms with Crippen molar-refractivity contribution in [2.75, 3.05) is 0 Å². The topological polar surface area (TPSA) is 73.2 Å². The first-order valence-corrected chi connectivity index (χ1v) is 6.28. The average molecular weight is 303 g/mol. The number of rotatable bonds is 4. The zero-order valence-electron chi connectivity index (χ0n) is 12.6. The maximum absolute atomic E-state index is 13.0. The van der Waals surface area contributed by atoms with Gasteiger partial charge in [0.15, 0.2) is 0 Å². The van der Waals surface area contributed by atoms with E-state index in [1.54, 1.807) is 20.8 Å². The first kappa shape index (κ1) is 17.1. The van der Waals surface area contributed by atoms with Gasteiger partial charge in [-0.1, -0.05) is 0 Å². The third-order valence-electron chi connectivity index (χ3n) is 2.62. The van der Waals surface area contributed by atoms with Crippen LogP contribution in [0, 0.1) is 0 Å². The summed E-state index contributed by atoms with van der Waals surface area (Å²) in [5, 5.41) is 5.93. The van der Waals surface area contributed by atoms with E-state index in [-0.39, 0.29) is 5.56 Å². The van der Waals surface area contributed by atoms with Gasteiger partial charge < -0.3 is 14.8 Å². The number of hydrogen-bond donors (Lipinski definition) is 1. The summed E-state index contributed by atoms with van der Waals surface area (Å²) in [4.78, 5) is 23.1. The molecule has 0 radical (unpaired) electrons. The van der Waals surface area contributed by atoms with E-state index in [1.165, 1.54) is 20.2 Å². The standard InChI is InChI=1S/C13H19F2N3O3/c1-12(2,3)21-11(20)16-13(4,7-19)8-6-18(5)17-9(8)10(14)15/h6-7,10H,1-5H3,(H,16,20). The molecule has 0 fully saturated rings. The Bertz CT molecular complexity index is 537. The van der Waals surface area contributed by atoms with Gasteiger partial charge in [0.1, 0.15) is 23.1 Å². The zero-order chi connectivity index (χ0) is 16.4. The highest BCUT2D eigenvalue weighted by molar-refractivity contribution is 5.78. The third-order valence-corrected chi connectivity index (χ3v) is 2.62. The van der Waals surface area contributed by atoms with Crippen LogP contribution in [0.1, 0.15) is 45.4 Å². The van der Waals surface area contributed by atoms with Crippen LogP contribution in [0.15, 0.2) is 6.20 Å². The lowest BCUT2D eigenvalue weighted by Crippen LogP contribution is -2.47. The molecule has 1 aromatic rings. The number of nitrogens with one attached hydrogen (secondary N) is 1. The monoisotopic (exact) mass is 303 g/mol. The van der Waals surface area contributed by atoms with E-state index in [0.29, 0.717) is 6.29 Å². The van der Waals surface area contributed by atoms with Gasteiger partial charge in [0.05, 0.1) is 0 Å². The summed E-state index contributed by atoms with van der Waals surface area (Å²) in [5.74, 6) is 0. The van der Waals surface area contributed by atoms with Crippen LogP contribution >= 0.6 is 0 Å².